The van der Waals surface area contributed by atoms with Crippen molar-refractivity contribution in [3.8, 4) is 0 Å². The second kappa shape index (κ2) is 7.64. The first kappa shape index (κ1) is 16.1. The SMILES string of the molecule is O=C(CNC1CCOC1c1ccc(Cl)cc1)NCc1ccco1. The van der Waals surface area contributed by atoms with Gasteiger partial charge < -0.3 is 19.8 Å². The molecule has 2 unspecified atom stereocenters. The van der Waals surface area contributed by atoms with Gasteiger partial charge in [-0.3, -0.25) is 4.79 Å². The fourth-order valence-electron chi connectivity index (χ4n) is 2.66. The fourth-order valence-corrected chi connectivity index (χ4v) is 2.79. The molecule has 2 aromatic rings. The van der Waals surface area contributed by atoms with E-state index in [0.717, 1.165) is 17.7 Å². The molecule has 122 valence electrons. The van der Waals surface area contributed by atoms with Gasteiger partial charge in [0.25, 0.3) is 0 Å². The van der Waals surface area contributed by atoms with Crippen LogP contribution in [0.3, 0.4) is 0 Å². The van der Waals surface area contributed by atoms with Crippen molar-refractivity contribution in [2.45, 2.75) is 25.1 Å². The Bertz CT molecular complexity index is 628. The van der Waals surface area contributed by atoms with Crippen LogP contribution in [0.25, 0.3) is 0 Å². The number of halogens is 1. The van der Waals surface area contributed by atoms with Crippen molar-refractivity contribution in [1.29, 1.82) is 0 Å². The average molecular weight is 335 g/mol. The Morgan fingerprint density at radius 2 is 2.09 bits per heavy atom. The second-order valence-electron chi connectivity index (χ2n) is 5.48. The maximum absolute atomic E-state index is 11.9. The average Bonchev–Trinajstić information content (AvgIpc) is 3.23. The van der Waals surface area contributed by atoms with E-state index in [0.29, 0.717) is 18.2 Å². The zero-order chi connectivity index (χ0) is 16.1. The molecule has 0 saturated carbocycles. The molecule has 3 rings (SSSR count). The van der Waals surface area contributed by atoms with Gasteiger partial charge in [0.15, 0.2) is 0 Å². The molecular weight excluding hydrogens is 316 g/mol. The summed E-state index contributed by atoms with van der Waals surface area (Å²) in [5, 5.41) is 6.79. The highest BCUT2D eigenvalue weighted by Crippen LogP contribution is 2.29. The van der Waals surface area contributed by atoms with Crippen molar-refractivity contribution < 1.29 is 13.9 Å². The maximum Gasteiger partial charge on any atom is 0.234 e. The highest BCUT2D eigenvalue weighted by molar-refractivity contribution is 6.30. The van der Waals surface area contributed by atoms with Crippen LogP contribution in [0, 0.1) is 0 Å². The molecule has 6 heteroatoms. The largest absolute Gasteiger partial charge is 0.467 e. The number of carbonyl (C=O) groups excluding carboxylic acids is 1. The van der Waals surface area contributed by atoms with E-state index in [-0.39, 0.29) is 24.6 Å². The second-order valence-corrected chi connectivity index (χ2v) is 5.91. The molecule has 0 spiro atoms. The lowest BCUT2D eigenvalue weighted by Crippen LogP contribution is -2.40. The Labute approximate surface area is 140 Å². The molecule has 1 saturated heterocycles. The summed E-state index contributed by atoms with van der Waals surface area (Å²) in [6.45, 7) is 1.33. The highest BCUT2D eigenvalue weighted by Gasteiger charge is 2.29. The van der Waals surface area contributed by atoms with E-state index in [4.69, 9.17) is 20.8 Å². The van der Waals surface area contributed by atoms with E-state index in [1.54, 1.807) is 12.3 Å². The minimum absolute atomic E-state index is 0.0508. The summed E-state index contributed by atoms with van der Waals surface area (Å²) in [6, 6.07) is 11.4. The van der Waals surface area contributed by atoms with Gasteiger partial charge in [-0.2, -0.15) is 0 Å². The van der Waals surface area contributed by atoms with Crippen molar-refractivity contribution in [3.05, 3.63) is 59.0 Å². The molecule has 1 aliphatic heterocycles. The van der Waals surface area contributed by atoms with Crippen molar-refractivity contribution in [2.24, 2.45) is 0 Å². The number of nitrogens with one attached hydrogen (secondary N) is 2. The lowest BCUT2D eigenvalue weighted by Gasteiger charge is -2.20. The van der Waals surface area contributed by atoms with Gasteiger partial charge in [0.05, 0.1) is 25.5 Å². The fraction of sp³-hybridized carbons (Fsp3) is 0.353. The molecule has 1 aromatic heterocycles. The number of carbonyl (C=O) groups is 1. The molecule has 0 aliphatic carbocycles. The van der Waals surface area contributed by atoms with Gasteiger partial charge in [0.2, 0.25) is 5.91 Å². The summed E-state index contributed by atoms with van der Waals surface area (Å²) in [6.07, 6.45) is 2.41. The third kappa shape index (κ3) is 4.34. The molecule has 1 fully saturated rings. The van der Waals surface area contributed by atoms with Crippen LogP contribution < -0.4 is 10.6 Å². The molecule has 1 amide bonds. The number of ether oxygens (including phenoxy) is 1. The summed E-state index contributed by atoms with van der Waals surface area (Å²) >= 11 is 5.92. The van der Waals surface area contributed by atoms with Crippen LogP contribution in [-0.4, -0.2) is 25.1 Å². The molecule has 2 atom stereocenters. The molecule has 1 aliphatic rings. The van der Waals surface area contributed by atoms with Crippen LogP contribution in [0.5, 0.6) is 0 Å². The Hall–Kier alpha value is -1.82. The van der Waals surface area contributed by atoms with E-state index < -0.39 is 0 Å². The van der Waals surface area contributed by atoms with Gasteiger partial charge >= 0.3 is 0 Å². The van der Waals surface area contributed by atoms with Crippen LogP contribution in [0.2, 0.25) is 5.02 Å². The molecule has 0 radical (unpaired) electrons. The van der Waals surface area contributed by atoms with Crippen LogP contribution in [0.4, 0.5) is 0 Å². The molecule has 23 heavy (non-hydrogen) atoms. The standard InChI is InChI=1S/C17H19ClN2O3/c18-13-5-3-12(4-6-13)17-15(7-9-23-17)19-11-16(21)20-10-14-2-1-8-22-14/h1-6,8,15,17,19H,7,9-11H2,(H,20,21). The summed E-state index contributed by atoms with van der Waals surface area (Å²) in [5.74, 6) is 0.671. The molecule has 1 aromatic carbocycles. The smallest absolute Gasteiger partial charge is 0.234 e. The number of furan rings is 1. The predicted molar refractivity (Wildman–Crippen MR) is 87.1 cm³/mol. The summed E-state index contributed by atoms with van der Waals surface area (Å²) in [5.41, 5.74) is 1.07. The minimum Gasteiger partial charge on any atom is -0.467 e. The first-order chi connectivity index (χ1) is 11.2. The summed E-state index contributed by atoms with van der Waals surface area (Å²) in [7, 11) is 0. The van der Waals surface area contributed by atoms with E-state index in [2.05, 4.69) is 10.6 Å². The summed E-state index contributed by atoms with van der Waals surface area (Å²) < 4.78 is 11.0. The van der Waals surface area contributed by atoms with Crippen LogP contribution in [0.1, 0.15) is 23.8 Å². The van der Waals surface area contributed by atoms with Crippen molar-refractivity contribution in [3.63, 3.8) is 0 Å². The topological polar surface area (TPSA) is 63.5 Å². The van der Waals surface area contributed by atoms with Gasteiger partial charge in [0, 0.05) is 17.7 Å². The van der Waals surface area contributed by atoms with Gasteiger partial charge in [-0.15, -0.1) is 0 Å². The van der Waals surface area contributed by atoms with Crippen molar-refractivity contribution >= 4 is 17.5 Å². The first-order valence-corrected chi connectivity index (χ1v) is 8.00. The first-order valence-electron chi connectivity index (χ1n) is 7.62. The third-order valence-electron chi connectivity index (χ3n) is 3.85. The zero-order valence-electron chi connectivity index (χ0n) is 12.6. The quantitative estimate of drug-likeness (QED) is 0.852. The molecule has 2 N–H and O–H groups in total. The normalized spacial score (nSPS) is 20.6. The van der Waals surface area contributed by atoms with E-state index in [1.807, 2.05) is 30.3 Å². The number of rotatable bonds is 6. The van der Waals surface area contributed by atoms with Gasteiger partial charge in [0.1, 0.15) is 5.76 Å². The highest BCUT2D eigenvalue weighted by atomic mass is 35.5. The molecular formula is C17H19ClN2O3. The van der Waals surface area contributed by atoms with Gasteiger partial charge in [-0.1, -0.05) is 23.7 Å². The summed E-state index contributed by atoms with van der Waals surface area (Å²) in [4.78, 5) is 11.9. The minimum atomic E-state index is -0.0665. The Balaban J connectivity index is 1.48. The third-order valence-corrected chi connectivity index (χ3v) is 4.11. The lowest BCUT2D eigenvalue weighted by atomic mass is 10.0. The lowest BCUT2D eigenvalue weighted by molar-refractivity contribution is -0.120. The Morgan fingerprint density at radius 3 is 2.83 bits per heavy atom. The Morgan fingerprint density at radius 1 is 1.26 bits per heavy atom. The molecule has 0 bridgehead atoms. The number of amides is 1. The molecule has 5 nitrogen and oxygen atoms in total. The van der Waals surface area contributed by atoms with Crippen LogP contribution in [-0.2, 0) is 16.1 Å². The van der Waals surface area contributed by atoms with Gasteiger partial charge in [-0.25, -0.2) is 0 Å². The zero-order valence-corrected chi connectivity index (χ0v) is 13.4. The van der Waals surface area contributed by atoms with Crippen molar-refractivity contribution in [2.75, 3.05) is 13.2 Å². The van der Waals surface area contributed by atoms with E-state index in [9.17, 15) is 4.79 Å². The Kier molecular flexibility index (Phi) is 5.33. The monoisotopic (exact) mass is 334 g/mol. The van der Waals surface area contributed by atoms with Crippen LogP contribution in [0.15, 0.2) is 47.1 Å². The molecule has 2 heterocycles. The number of hydrogen-bond donors (Lipinski definition) is 2. The predicted octanol–water partition coefficient (Wildman–Crippen LogP) is 2.67. The van der Waals surface area contributed by atoms with Crippen molar-refractivity contribution in [1.82, 2.24) is 10.6 Å². The number of hydrogen-bond acceptors (Lipinski definition) is 4. The van der Waals surface area contributed by atoms with E-state index in [1.165, 1.54) is 0 Å². The van der Waals surface area contributed by atoms with Gasteiger partial charge in [-0.05, 0) is 36.2 Å². The maximum atomic E-state index is 11.9. The van der Waals surface area contributed by atoms with E-state index >= 15 is 0 Å². The van der Waals surface area contributed by atoms with Crippen LogP contribution >= 0.6 is 11.6 Å². The number of benzene rings is 1.